The van der Waals surface area contributed by atoms with E-state index in [1.54, 1.807) is 0 Å². The molecule has 0 radical (unpaired) electrons. The molecule has 0 aromatic heterocycles. The number of hydrogen-bond donors (Lipinski definition) is 0. The highest BCUT2D eigenvalue weighted by molar-refractivity contribution is 5.20. The van der Waals surface area contributed by atoms with Crippen LogP contribution in [-0.2, 0) is 0 Å². The number of rotatable bonds is 0. The predicted molar refractivity (Wildman–Crippen MR) is 112 cm³/mol. The Morgan fingerprint density at radius 3 is 1.24 bits per heavy atom. The molecule has 9 unspecified atom stereocenters. The molecular formula is C25H48. The molecule has 3 saturated carbocycles. The highest BCUT2D eigenvalue weighted by atomic mass is 14.8. The Hall–Kier alpha value is 0. The maximum atomic E-state index is 2.62. The molecule has 0 heterocycles. The normalized spacial score (nSPS) is 52.0. The summed E-state index contributed by atoms with van der Waals surface area (Å²) in [5, 5.41) is 0. The minimum Gasteiger partial charge on any atom is -0.0683 e. The molecule has 0 heteroatoms. The average molecular weight is 349 g/mol. The van der Waals surface area contributed by atoms with Crippen molar-refractivity contribution < 1.29 is 0 Å². The van der Waals surface area contributed by atoms with Crippen molar-refractivity contribution in [3.05, 3.63) is 0 Å². The van der Waals surface area contributed by atoms with Gasteiger partial charge in [-0.1, -0.05) is 90.0 Å². The molecule has 3 aliphatic carbocycles. The van der Waals surface area contributed by atoms with Crippen LogP contribution in [0.4, 0.5) is 0 Å². The van der Waals surface area contributed by atoms with E-state index in [1.807, 2.05) is 13.8 Å². The first kappa shape index (κ1) is 21.3. The van der Waals surface area contributed by atoms with Gasteiger partial charge in [0.25, 0.3) is 0 Å². The molecule has 0 aliphatic heterocycles. The standard InChI is InChI=1S/C23H42.C2H6/c1-12-13(2)15(4)18-17(14(12)3)16(5)19-20(18)22(8,9)23(10,11)21(19,6)7;1-2/h12-20H,1-11H3;1-2H3. The van der Waals surface area contributed by atoms with Gasteiger partial charge in [0.15, 0.2) is 0 Å². The fraction of sp³-hybridized carbons (Fsp3) is 1.00. The van der Waals surface area contributed by atoms with Crippen molar-refractivity contribution >= 4 is 0 Å². The van der Waals surface area contributed by atoms with Crippen molar-refractivity contribution in [2.45, 2.75) is 90.0 Å². The molecule has 3 fully saturated rings. The van der Waals surface area contributed by atoms with Crippen LogP contribution in [0, 0.1) is 69.5 Å². The second-order valence-electron chi connectivity index (χ2n) is 11.6. The summed E-state index contributed by atoms with van der Waals surface area (Å²) in [7, 11) is 0. The van der Waals surface area contributed by atoms with Crippen LogP contribution in [0.15, 0.2) is 0 Å². The van der Waals surface area contributed by atoms with Crippen molar-refractivity contribution in [1.82, 2.24) is 0 Å². The van der Waals surface area contributed by atoms with E-state index in [0.717, 1.165) is 53.3 Å². The predicted octanol–water partition coefficient (Wildman–Crippen LogP) is 7.78. The van der Waals surface area contributed by atoms with E-state index < -0.39 is 0 Å². The topological polar surface area (TPSA) is 0 Å². The summed E-state index contributed by atoms with van der Waals surface area (Å²) in [6.07, 6.45) is 0. The van der Waals surface area contributed by atoms with Crippen LogP contribution in [0.2, 0.25) is 0 Å². The van der Waals surface area contributed by atoms with Gasteiger partial charge >= 0.3 is 0 Å². The van der Waals surface area contributed by atoms with Crippen LogP contribution in [0.25, 0.3) is 0 Å². The number of hydrogen-bond acceptors (Lipinski definition) is 0. The summed E-state index contributed by atoms with van der Waals surface area (Å²) in [5.74, 6) is 8.09. The van der Waals surface area contributed by atoms with E-state index in [2.05, 4.69) is 76.2 Å². The van der Waals surface area contributed by atoms with Crippen molar-refractivity contribution in [3.63, 3.8) is 0 Å². The quantitative estimate of drug-likeness (QED) is 0.419. The van der Waals surface area contributed by atoms with Crippen LogP contribution >= 0.6 is 0 Å². The molecule has 25 heavy (non-hydrogen) atoms. The Labute approximate surface area is 159 Å². The first-order valence-corrected chi connectivity index (χ1v) is 11.3. The fourth-order valence-electron chi connectivity index (χ4n) is 8.26. The molecule has 0 N–H and O–H groups in total. The average Bonchev–Trinajstić information content (AvgIpc) is 2.91. The van der Waals surface area contributed by atoms with E-state index >= 15 is 0 Å². The Kier molecular flexibility index (Phi) is 5.34. The van der Waals surface area contributed by atoms with Gasteiger partial charge in [-0.3, -0.25) is 0 Å². The van der Waals surface area contributed by atoms with E-state index in [-0.39, 0.29) is 0 Å². The Morgan fingerprint density at radius 1 is 0.440 bits per heavy atom. The summed E-state index contributed by atoms with van der Waals surface area (Å²) in [5.41, 5.74) is 1.27. The summed E-state index contributed by atoms with van der Waals surface area (Å²) in [4.78, 5) is 0. The Bertz CT molecular complexity index is 482. The molecule has 148 valence electrons. The van der Waals surface area contributed by atoms with E-state index in [9.17, 15) is 0 Å². The monoisotopic (exact) mass is 348 g/mol. The van der Waals surface area contributed by atoms with Gasteiger partial charge in [-0.25, -0.2) is 0 Å². The molecule has 0 saturated heterocycles. The van der Waals surface area contributed by atoms with Crippen LogP contribution in [-0.4, -0.2) is 0 Å². The van der Waals surface area contributed by atoms with Gasteiger partial charge < -0.3 is 0 Å². The van der Waals surface area contributed by atoms with E-state index in [0.29, 0.717) is 16.2 Å². The minimum absolute atomic E-state index is 0.407. The highest BCUT2D eigenvalue weighted by Gasteiger charge is 2.72. The van der Waals surface area contributed by atoms with Crippen molar-refractivity contribution in [1.29, 1.82) is 0 Å². The van der Waals surface area contributed by atoms with Gasteiger partial charge in [-0.05, 0) is 69.5 Å². The van der Waals surface area contributed by atoms with E-state index in [4.69, 9.17) is 0 Å². The molecule has 9 atom stereocenters. The fourth-order valence-corrected chi connectivity index (χ4v) is 8.26. The largest absolute Gasteiger partial charge is 0.0683 e. The second kappa shape index (κ2) is 6.27. The van der Waals surface area contributed by atoms with Crippen LogP contribution in [0.5, 0.6) is 0 Å². The molecule has 0 nitrogen and oxygen atoms in total. The zero-order valence-corrected chi connectivity index (χ0v) is 19.7. The van der Waals surface area contributed by atoms with Gasteiger partial charge in [-0.15, -0.1) is 0 Å². The van der Waals surface area contributed by atoms with Crippen LogP contribution in [0.1, 0.15) is 90.0 Å². The molecule has 3 rings (SSSR count). The molecule has 0 spiro atoms. The van der Waals surface area contributed by atoms with Crippen molar-refractivity contribution in [2.75, 3.05) is 0 Å². The molecule has 0 aromatic rings. The summed E-state index contributed by atoms with van der Waals surface area (Å²) >= 11 is 0. The van der Waals surface area contributed by atoms with Crippen LogP contribution in [0.3, 0.4) is 0 Å². The first-order chi connectivity index (χ1) is 11.3. The van der Waals surface area contributed by atoms with Gasteiger partial charge in [0.2, 0.25) is 0 Å². The molecular weight excluding hydrogens is 300 g/mol. The van der Waals surface area contributed by atoms with Crippen molar-refractivity contribution in [2.24, 2.45) is 69.5 Å². The lowest BCUT2D eigenvalue weighted by molar-refractivity contribution is -0.0576. The number of fused-ring (bicyclic) bond motifs is 3. The third-order valence-electron chi connectivity index (χ3n) is 11.0. The Balaban J connectivity index is 0.00000109. The van der Waals surface area contributed by atoms with Gasteiger partial charge in [0.1, 0.15) is 0 Å². The zero-order valence-electron chi connectivity index (χ0n) is 19.7. The van der Waals surface area contributed by atoms with Crippen LogP contribution < -0.4 is 0 Å². The molecule has 0 bridgehead atoms. The maximum Gasteiger partial charge on any atom is -0.0246 e. The second-order valence-corrected chi connectivity index (χ2v) is 11.6. The third-order valence-corrected chi connectivity index (χ3v) is 11.0. The highest BCUT2D eigenvalue weighted by Crippen LogP contribution is 2.77. The zero-order chi connectivity index (χ0) is 19.7. The maximum absolute atomic E-state index is 2.62. The summed E-state index contributed by atoms with van der Waals surface area (Å²) in [6, 6.07) is 0. The van der Waals surface area contributed by atoms with Gasteiger partial charge in [0, 0.05) is 0 Å². The lowest BCUT2D eigenvalue weighted by Crippen LogP contribution is -2.48. The van der Waals surface area contributed by atoms with E-state index in [1.165, 1.54) is 0 Å². The SMILES string of the molecule is CC.CC1C(C)C(C)C2C(C1C)C(C)C1C2C(C)(C)C(C)(C)C1(C)C. The minimum atomic E-state index is 0.407. The summed E-state index contributed by atoms with van der Waals surface area (Å²) in [6.45, 7) is 32.4. The molecule has 3 aliphatic rings. The Morgan fingerprint density at radius 2 is 0.800 bits per heavy atom. The third kappa shape index (κ3) is 2.37. The molecule has 0 amide bonds. The van der Waals surface area contributed by atoms with Gasteiger partial charge in [-0.2, -0.15) is 0 Å². The smallest absolute Gasteiger partial charge is 0.0246 e. The lowest BCUT2D eigenvalue weighted by Gasteiger charge is -2.54. The molecule has 0 aromatic carbocycles. The summed E-state index contributed by atoms with van der Waals surface area (Å²) < 4.78 is 0. The lowest BCUT2D eigenvalue weighted by atomic mass is 9.51. The van der Waals surface area contributed by atoms with Crippen molar-refractivity contribution in [3.8, 4) is 0 Å². The van der Waals surface area contributed by atoms with Gasteiger partial charge in [0.05, 0.1) is 0 Å². The first-order valence-electron chi connectivity index (χ1n) is 11.3.